The molecule has 1 aromatic carbocycles. The van der Waals surface area contributed by atoms with E-state index in [4.69, 9.17) is 4.42 Å². The summed E-state index contributed by atoms with van der Waals surface area (Å²) in [5.74, 6) is 1.02. The van der Waals surface area contributed by atoms with Crippen LogP contribution in [0, 0.1) is 0 Å². The first-order valence-electron chi connectivity index (χ1n) is 7.76. The summed E-state index contributed by atoms with van der Waals surface area (Å²) in [6.07, 6.45) is 3.98. The molecule has 0 aliphatic carbocycles. The van der Waals surface area contributed by atoms with Crippen molar-refractivity contribution in [2.75, 3.05) is 20.1 Å². The van der Waals surface area contributed by atoms with E-state index in [0.29, 0.717) is 6.04 Å². The van der Waals surface area contributed by atoms with E-state index in [1.807, 2.05) is 12.1 Å². The van der Waals surface area contributed by atoms with E-state index in [0.717, 1.165) is 27.7 Å². The molecule has 21 heavy (non-hydrogen) atoms. The third-order valence-corrected chi connectivity index (χ3v) is 5.00. The highest BCUT2D eigenvalue weighted by atomic mass is 79.9. The molecule has 1 fully saturated rings. The molecule has 1 aliphatic rings. The van der Waals surface area contributed by atoms with E-state index in [1.54, 1.807) is 0 Å². The second kappa shape index (κ2) is 6.51. The number of benzene rings is 1. The average Bonchev–Trinajstić information content (AvgIpc) is 2.89. The molecule has 1 N–H and O–H groups in total. The van der Waals surface area contributed by atoms with Crippen molar-refractivity contribution in [3.8, 4) is 0 Å². The van der Waals surface area contributed by atoms with Gasteiger partial charge in [-0.05, 0) is 57.6 Å². The number of fused-ring (bicyclic) bond motifs is 1. The second-order valence-electron chi connectivity index (χ2n) is 6.09. The Labute approximate surface area is 134 Å². The Morgan fingerprint density at radius 2 is 2.24 bits per heavy atom. The molecule has 114 valence electrons. The lowest BCUT2D eigenvalue weighted by atomic mass is 10.0. The number of nitrogens with one attached hydrogen (secondary N) is 1. The Bertz CT molecular complexity index is 610. The number of furan rings is 1. The highest BCUT2D eigenvalue weighted by Gasteiger charge is 2.20. The molecule has 4 heteroatoms. The van der Waals surface area contributed by atoms with Gasteiger partial charge in [-0.1, -0.05) is 22.4 Å². The topological polar surface area (TPSA) is 28.4 Å². The van der Waals surface area contributed by atoms with Crippen molar-refractivity contribution >= 4 is 26.9 Å². The van der Waals surface area contributed by atoms with Crippen LogP contribution in [0.2, 0.25) is 0 Å². The molecule has 0 saturated carbocycles. The van der Waals surface area contributed by atoms with Gasteiger partial charge in [-0.2, -0.15) is 0 Å². The van der Waals surface area contributed by atoms with Gasteiger partial charge in [-0.3, -0.25) is 0 Å². The van der Waals surface area contributed by atoms with Gasteiger partial charge in [0.15, 0.2) is 0 Å². The Morgan fingerprint density at radius 3 is 3.05 bits per heavy atom. The van der Waals surface area contributed by atoms with E-state index in [1.165, 1.54) is 25.8 Å². The number of halogens is 1. The van der Waals surface area contributed by atoms with E-state index < -0.39 is 0 Å². The minimum atomic E-state index is 0.242. The van der Waals surface area contributed by atoms with Crippen LogP contribution >= 0.6 is 15.9 Å². The number of likely N-dealkylation sites (N-methyl/N-ethyl adjacent to an activating group) is 1. The van der Waals surface area contributed by atoms with E-state index in [-0.39, 0.29) is 6.04 Å². The zero-order valence-corrected chi connectivity index (χ0v) is 14.3. The van der Waals surface area contributed by atoms with Crippen molar-refractivity contribution in [2.24, 2.45) is 0 Å². The van der Waals surface area contributed by atoms with Crippen LogP contribution in [0.5, 0.6) is 0 Å². The Morgan fingerprint density at radius 1 is 1.38 bits per heavy atom. The number of likely N-dealkylation sites (tertiary alicyclic amines) is 1. The zero-order valence-electron chi connectivity index (χ0n) is 12.7. The molecule has 0 radical (unpaired) electrons. The molecule has 3 rings (SSSR count). The standard InChI is InChI=1S/C17H23BrN2O/c1-12(19-11-15-5-3-4-8-20(15)2)17-10-13-9-14(18)6-7-16(13)21-17/h6-7,9-10,12,15,19H,3-5,8,11H2,1-2H3. The first-order valence-corrected chi connectivity index (χ1v) is 8.55. The summed E-state index contributed by atoms with van der Waals surface area (Å²) in [7, 11) is 2.23. The van der Waals surface area contributed by atoms with Gasteiger partial charge in [-0.25, -0.2) is 0 Å². The fourth-order valence-electron chi connectivity index (χ4n) is 3.06. The average molecular weight is 351 g/mol. The number of nitrogens with zero attached hydrogens (tertiary/aromatic N) is 1. The van der Waals surface area contributed by atoms with Crippen molar-refractivity contribution in [1.82, 2.24) is 10.2 Å². The molecule has 0 bridgehead atoms. The lowest BCUT2D eigenvalue weighted by molar-refractivity contribution is 0.177. The van der Waals surface area contributed by atoms with Crippen LogP contribution in [0.3, 0.4) is 0 Å². The van der Waals surface area contributed by atoms with Crippen molar-refractivity contribution in [2.45, 2.75) is 38.3 Å². The Hall–Kier alpha value is -0.840. The minimum Gasteiger partial charge on any atom is -0.459 e. The fraction of sp³-hybridized carbons (Fsp3) is 0.529. The molecule has 2 heterocycles. The van der Waals surface area contributed by atoms with Crippen molar-refractivity contribution in [3.05, 3.63) is 34.5 Å². The van der Waals surface area contributed by atoms with Crippen LogP contribution < -0.4 is 5.32 Å². The molecule has 1 aliphatic heterocycles. The van der Waals surface area contributed by atoms with Crippen LogP contribution in [-0.4, -0.2) is 31.1 Å². The van der Waals surface area contributed by atoms with Gasteiger partial charge >= 0.3 is 0 Å². The Balaban J connectivity index is 1.64. The first kappa shape index (κ1) is 15.1. The van der Waals surface area contributed by atoms with Gasteiger partial charge in [0.2, 0.25) is 0 Å². The number of hydrogen-bond acceptors (Lipinski definition) is 3. The number of hydrogen-bond donors (Lipinski definition) is 1. The third-order valence-electron chi connectivity index (χ3n) is 4.51. The molecule has 2 aromatic rings. The fourth-order valence-corrected chi connectivity index (χ4v) is 3.44. The van der Waals surface area contributed by atoms with Gasteiger partial charge in [0.1, 0.15) is 11.3 Å². The van der Waals surface area contributed by atoms with Crippen LogP contribution in [0.4, 0.5) is 0 Å². The molecule has 2 unspecified atom stereocenters. The van der Waals surface area contributed by atoms with Crippen LogP contribution in [0.1, 0.15) is 38.0 Å². The largest absolute Gasteiger partial charge is 0.459 e. The number of rotatable bonds is 4. The Kier molecular flexibility index (Phi) is 4.67. The van der Waals surface area contributed by atoms with Crippen molar-refractivity contribution in [1.29, 1.82) is 0 Å². The minimum absolute atomic E-state index is 0.242. The van der Waals surface area contributed by atoms with Crippen molar-refractivity contribution in [3.63, 3.8) is 0 Å². The predicted molar refractivity (Wildman–Crippen MR) is 90.6 cm³/mol. The molecule has 1 saturated heterocycles. The van der Waals surface area contributed by atoms with Gasteiger partial charge in [-0.15, -0.1) is 0 Å². The molecule has 0 spiro atoms. The molecule has 0 amide bonds. The SMILES string of the molecule is CC(NCC1CCCCN1C)c1cc2cc(Br)ccc2o1. The lowest BCUT2D eigenvalue weighted by Gasteiger charge is -2.33. The van der Waals surface area contributed by atoms with Crippen LogP contribution in [0.25, 0.3) is 11.0 Å². The summed E-state index contributed by atoms with van der Waals surface area (Å²) in [6, 6.07) is 9.17. The molecule has 3 nitrogen and oxygen atoms in total. The summed E-state index contributed by atoms with van der Waals surface area (Å²) in [6.45, 7) is 4.42. The summed E-state index contributed by atoms with van der Waals surface area (Å²) in [4.78, 5) is 2.47. The summed E-state index contributed by atoms with van der Waals surface area (Å²) < 4.78 is 7.04. The normalized spacial score (nSPS) is 21.8. The first-order chi connectivity index (χ1) is 10.1. The van der Waals surface area contributed by atoms with E-state index in [2.05, 4.69) is 52.3 Å². The zero-order chi connectivity index (χ0) is 14.8. The summed E-state index contributed by atoms with van der Waals surface area (Å²) in [5, 5.41) is 4.78. The maximum Gasteiger partial charge on any atom is 0.134 e. The monoisotopic (exact) mass is 350 g/mol. The molecule has 2 atom stereocenters. The van der Waals surface area contributed by atoms with E-state index >= 15 is 0 Å². The van der Waals surface area contributed by atoms with Crippen LogP contribution in [0.15, 0.2) is 33.2 Å². The quantitative estimate of drug-likeness (QED) is 0.889. The van der Waals surface area contributed by atoms with Gasteiger partial charge in [0.25, 0.3) is 0 Å². The number of piperidine rings is 1. The third kappa shape index (κ3) is 3.50. The lowest BCUT2D eigenvalue weighted by Crippen LogP contribution is -2.43. The second-order valence-corrected chi connectivity index (χ2v) is 7.01. The van der Waals surface area contributed by atoms with Gasteiger partial charge in [0, 0.05) is 22.4 Å². The van der Waals surface area contributed by atoms with E-state index in [9.17, 15) is 0 Å². The predicted octanol–water partition coefficient (Wildman–Crippen LogP) is 4.33. The maximum atomic E-state index is 5.95. The van der Waals surface area contributed by atoms with Gasteiger partial charge < -0.3 is 14.6 Å². The van der Waals surface area contributed by atoms with Gasteiger partial charge in [0.05, 0.1) is 6.04 Å². The molecular formula is C17H23BrN2O. The molecule has 1 aromatic heterocycles. The highest BCUT2D eigenvalue weighted by molar-refractivity contribution is 9.10. The molecular weight excluding hydrogens is 328 g/mol. The summed E-state index contributed by atoms with van der Waals surface area (Å²) in [5.41, 5.74) is 0.955. The van der Waals surface area contributed by atoms with Crippen molar-refractivity contribution < 1.29 is 4.42 Å². The summed E-state index contributed by atoms with van der Waals surface area (Å²) >= 11 is 3.51. The maximum absolute atomic E-state index is 5.95. The smallest absolute Gasteiger partial charge is 0.134 e. The highest BCUT2D eigenvalue weighted by Crippen LogP contribution is 2.26. The van der Waals surface area contributed by atoms with Crippen LogP contribution in [-0.2, 0) is 0 Å².